The summed E-state index contributed by atoms with van der Waals surface area (Å²) < 4.78 is 66.3. The van der Waals surface area contributed by atoms with Gasteiger partial charge in [0.05, 0.1) is 0 Å². The predicted molar refractivity (Wildman–Crippen MR) is 126 cm³/mol. The molecular formula is C25H20O7S2. The number of rotatable bonds is 8. The third-order valence-corrected chi connectivity index (χ3v) is 7.16. The molecule has 0 amide bonds. The molecule has 4 aromatic rings. The van der Waals surface area contributed by atoms with Crippen molar-refractivity contribution in [1.82, 2.24) is 0 Å². The van der Waals surface area contributed by atoms with Crippen LogP contribution in [0.25, 0.3) is 0 Å². The molecule has 0 saturated heterocycles. The summed E-state index contributed by atoms with van der Waals surface area (Å²) in [4.78, 5) is 0.0604. The van der Waals surface area contributed by atoms with Crippen LogP contribution in [0.5, 0.6) is 23.0 Å². The Bertz CT molecular complexity index is 1480. The lowest BCUT2D eigenvalue weighted by Gasteiger charge is -2.13. The predicted octanol–water partition coefficient (Wildman–Crippen LogP) is 5.32. The summed E-state index contributed by atoms with van der Waals surface area (Å²) in [6.07, 6.45) is 0. The van der Waals surface area contributed by atoms with Gasteiger partial charge in [0, 0.05) is 0 Å². The van der Waals surface area contributed by atoms with Crippen molar-refractivity contribution >= 4 is 20.2 Å². The van der Waals surface area contributed by atoms with Crippen molar-refractivity contribution in [2.45, 2.75) is 16.7 Å². The van der Waals surface area contributed by atoms with E-state index in [1.54, 1.807) is 48.5 Å². The zero-order valence-corrected chi connectivity index (χ0v) is 19.6. The van der Waals surface area contributed by atoms with Gasteiger partial charge in [-0.2, -0.15) is 16.8 Å². The maximum atomic E-state index is 12.7. The number of ether oxygens (including phenoxy) is 1. The number of aryl methyl sites for hydroxylation is 1. The lowest BCUT2D eigenvalue weighted by atomic mass is 10.2. The van der Waals surface area contributed by atoms with E-state index >= 15 is 0 Å². The van der Waals surface area contributed by atoms with Crippen molar-refractivity contribution in [3.63, 3.8) is 0 Å². The highest BCUT2D eigenvalue weighted by atomic mass is 32.2. The molecule has 174 valence electrons. The van der Waals surface area contributed by atoms with Crippen LogP contribution in [-0.4, -0.2) is 16.8 Å². The summed E-state index contributed by atoms with van der Waals surface area (Å²) >= 11 is 0. The average Bonchev–Trinajstić information content (AvgIpc) is 2.82. The lowest BCUT2D eigenvalue weighted by molar-refractivity contribution is 0.435. The van der Waals surface area contributed by atoms with Gasteiger partial charge in [0.15, 0.2) is 11.5 Å². The summed E-state index contributed by atoms with van der Waals surface area (Å²) in [6, 6.07) is 26.3. The van der Waals surface area contributed by atoms with Gasteiger partial charge in [0.1, 0.15) is 21.3 Å². The Kier molecular flexibility index (Phi) is 6.58. The lowest BCUT2D eigenvalue weighted by Crippen LogP contribution is -2.10. The second-order valence-corrected chi connectivity index (χ2v) is 10.3. The van der Waals surface area contributed by atoms with Crippen LogP contribution in [0.2, 0.25) is 0 Å². The van der Waals surface area contributed by atoms with Crippen LogP contribution in [-0.2, 0) is 20.2 Å². The smallest absolute Gasteiger partial charge is 0.339 e. The summed E-state index contributed by atoms with van der Waals surface area (Å²) in [7, 11) is -8.03. The SMILES string of the molecule is Cc1ccc(S(=O)(=O)Oc2ccccc2Oc2ccc(OS(=O)(=O)c3ccccc3)cc2)cc1. The number of hydrogen-bond acceptors (Lipinski definition) is 7. The van der Waals surface area contributed by atoms with Gasteiger partial charge < -0.3 is 13.1 Å². The van der Waals surface area contributed by atoms with E-state index in [-0.39, 0.29) is 27.0 Å². The first-order chi connectivity index (χ1) is 16.2. The molecule has 9 heteroatoms. The highest BCUT2D eigenvalue weighted by molar-refractivity contribution is 7.87. The van der Waals surface area contributed by atoms with Crippen LogP contribution < -0.4 is 13.1 Å². The van der Waals surface area contributed by atoms with E-state index in [1.807, 2.05) is 6.92 Å². The van der Waals surface area contributed by atoms with E-state index in [2.05, 4.69) is 0 Å². The fourth-order valence-corrected chi connectivity index (χ4v) is 4.82. The Labute approximate surface area is 198 Å². The van der Waals surface area contributed by atoms with E-state index in [4.69, 9.17) is 13.1 Å². The second-order valence-electron chi connectivity index (χ2n) is 7.22. The Morgan fingerprint density at radius 3 is 1.65 bits per heavy atom. The van der Waals surface area contributed by atoms with Gasteiger partial charge in [-0.05, 0) is 67.6 Å². The monoisotopic (exact) mass is 496 g/mol. The van der Waals surface area contributed by atoms with Crippen LogP contribution in [0.3, 0.4) is 0 Å². The van der Waals surface area contributed by atoms with Crippen molar-refractivity contribution in [2.24, 2.45) is 0 Å². The van der Waals surface area contributed by atoms with Crippen LogP contribution in [0.4, 0.5) is 0 Å². The largest absolute Gasteiger partial charge is 0.453 e. The molecule has 0 unspecified atom stereocenters. The fraction of sp³-hybridized carbons (Fsp3) is 0.0400. The van der Waals surface area contributed by atoms with E-state index in [0.29, 0.717) is 5.75 Å². The van der Waals surface area contributed by atoms with Crippen LogP contribution in [0.15, 0.2) is 113 Å². The quantitative estimate of drug-likeness (QED) is 0.305. The third kappa shape index (κ3) is 5.56. The summed E-state index contributed by atoms with van der Waals surface area (Å²) in [6.45, 7) is 1.85. The first-order valence-electron chi connectivity index (χ1n) is 10.1. The normalized spacial score (nSPS) is 11.6. The van der Waals surface area contributed by atoms with Crippen molar-refractivity contribution in [1.29, 1.82) is 0 Å². The van der Waals surface area contributed by atoms with Gasteiger partial charge in [0.2, 0.25) is 0 Å². The third-order valence-electron chi connectivity index (χ3n) is 4.65. The van der Waals surface area contributed by atoms with E-state index in [0.717, 1.165) is 5.56 Å². The molecule has 34 heavy (non-hydrogen) atoms. The standard InChI is InChI=1S/C25H20O7S2/c1-19-11-17-23(18-12-19)34(28,29)32-25-10-6-5-9-24(25)30-20-13-15-21(16-14-20)31-33(26,27)22-7-3-2-4-8-22/h2-18H,1H3. The molecular weight excluding hydrogens is 476 g/mol. The van der Waals surface area contributed by atoms with Gasteiger partial charge in [-0.25, -0.2) is 0 Å². The van der Waals surface area contributed by atoms with Crippen molar-refractivity contribution in [2.75, 3.05) is 0 Å². The Morgan fingerprint density at radius 2 is 1.00 bits per heavy atom. The van der Waals surface area contributed by atoms with Crippen LogP contribution >= 0.6 is 0 Å². The maximum absolute atomic E-state index is 12.7. The maximum Gasteiger partial charge on any atom is 0.339 e. The molecule has 0 atom stereocenters. The van der Waals surface area contributed by atoms with Crippen LogP contribution in [0, 0.1) is 6.92 Å². The van der Waals surface area contributed by atoms with Gasteiger partial charge >= 0.3 is 20.2 Å². The van der Waals surface area contributed by atoms with Crippen molar-refractivity contribution in [3.8, 4) is 23.0 Å². The molecule has 0 heterocycles. The first kappa shape index (κ1) is 23.3. The molecule has 0 saturated carbocycles. The van der Waals surface area contributed by atoms with E-state index < -0.39 is 20.2 Å². The molecule has 4 rings (SSSR count). The molecule has 0 spiro atoms. The van der Waals surface area contributed by atoms with Gasteiger partial charge in [0.25, 0.3) is 0 Å². The van der Waals surface area contributed by atoms with E-state index in [9.17, 15) is 16.8 Å². The number of benzene rings is 4. The highest BCUT2D eigenvalue weighted by Gasteiger charge is 2.20. The van der Waals surface area contributed by atoms with Crippen molar-refractivity contribution in [3.05, 3.63) is 109 Å². The van der Waals surface area contributed by atoms with Gasteiger partial charge in [-0.3, -0.25) is 0 Å². The van der Waals surface area contributed by atoms with Gasteiger partial charge in [-0.1, -0.05) is 48.0 Å². The number of hydrogen-bond donors (Lipinski definition) is 0. The number of para-hydroxylation sites is 2. The van der Waals surface area contributed by atoms with Gasteiger partial charge in [-0.15, -0.1) is 0 Å². The molecule has 0 N–H and O–H groups in total. The molecule has 0 fully saturated rings. The molecule has 0 aliphatic heterocycles. The zero-order valence-electron chi connectivity index (χ0n) is 18.0. The van der Waals surface area contributed by atoms with E-state index in [1.165, 1.54) is 54.6 Å². The summed E-state index contributed by atoms with van der Waals surface area (Å²) in [5.74, 6) is 0.606. The molecule has 0 radical (unpaired) electrons. The minimum absolute atomic E-state index is 0.00931. The van der Waals surface area contributed by atoms with Crippen LogP contribution in [0.1, 0.15) is 5.56 Å². The topological polar surface area (TPSA) is 96.0 Å². The Balaban J connectivity index is 1.50. The average molecular weight is 497 g/mol. The molecule has 0 aromatic heterocycles. The zero-order chi connectivity index (χ0) is 24.2. The summed E-state index contributed by atoms with van der Waals surface area (Å²) in [5.41, 5.74) is 0.923. The highest BCUT2D eigenvalue weighted by Crippen LogP contribution is 2.34. The fourth-order valence-electron chi connectivity index (χ4n) is 2.93. The first-order valence-corrected chi connectivity index (χ1v) is 12.9. The molecule has 0 aliphatic carbocycles. The minimum atomic E-state index is -4.06. The molecule has 0 aliphatic rings. The molecule has 4 aromatic carbocycles. The van der Waals surface area contributed by atoms with Crippen molar-refractivity contribution < 1.29 is 29.9 Å². The minimum Gasteiger partial charge on any atom is -0.453 e. The second kappa shape index (κ2) is 9.58. The molecule has 7 nitrogen and oxygen atoms in total. The molecule has 0 bridgehead atoms. The summed E-state index contributed by atoms with van der Waals surface area (Å²) in [5, 5.41) is 0. The Morgan fingerprint density at radius 1 is 0.500 bits per heavy atom. The Hall–Kier alpha value is -3.82.